The number of aromatic nitrogens is 2. The van der Waals surface area contributed by atoms with E-state index in [1.165, 1.54) is 30.6 Å². The van der Waals surface area contributed by atoms with E-state index in [9.17, 15) is 18.0 Å². The minimum atomic E-state index is -4.73. The van der Waals surface area contributed by atoms with Gasteiger partial charge in [-0.25, -0.2) is 4.98 Å². The third-order valence-corrected chi connectivity index (χ3v) is 3.07. The zero-order chi connectivity index (χ0) is 15.7. The number of aromatic amines is 1. The Morgan fingerprint density at radius 1 is 1.05 bits per heavy atom. The molecule has 1 heterocycles. The zero-order valence-electron chi connectivity index (χ0n) is 11.0. The van der Waals surface area contributed by atoms with Gasteiger partial charge in [-0.15, -0.1) is 13.2 Å². The minimum Gasteiger partial charge on any atom is -0.406 e. The van der Waals surface area contributed by atoms with Crippen LogP contribution in [0.1, 0.15) is 0 Å². The molecule has 0 atom stereocenters. The maximum Gasteiger partial charge on any atom is 0.573 e. The predicted molar refractivity (Wildman–Crippen MR) is 74.5 cm³/mol. The van der Waals surface area contributed by atoms with Gasteiger partial charge in [0.1, 0.15) is 5.75 Å². The summed E-state index contributed by atoms with van der Waals surface area (Å²) in [6.07, 6.45) is -3.44. The summed E-state index contributed by atoms with van der Waals surface area (Å²) in [5.41, 5.74) is 1.50. The van der Waals surface area contributed by atoms with Gasteiger partial charge in [0.2, 0.25) is 0 Å². The monoisotopic (exact) mass is 306 g/mol. The van der Waals surface area contributed by atoms with Gasteiger partial charge in [0.25, 0.3) is 5.56 Å². The Balaban J connectivity index is 2.05. The van der Waals surface area contributed by atoms with Crippen molar-refractivity contribution in [3.8, 4) is 16.9 Å². The number of nitrogens with one attached hydrogen (secondary N) is 1. The summed E-state index contributed by atoms with van der Waals surface area (Å²) in [5, 5.41) is 0.413. The van der Waals surface area contributed by atoms with Crippen LogP contribution in [0.5, 0.6) is 5.75 Å². The highest BCUT2D eigenvalue weighted by atomic mass is 19.4. The van der Waals surface area contributed by atoms with Gasteiger partial charge in [-0.3, -0.25) is 4.79 Å². The van der Waals surface area contributed by atoms with Crippen LogP contribution in [-0.2, 0) is 0 Å². The molecule has 22 heavy (non-hydrogen) atoms. The van der Waals surface area contributed by atoms with Gasteiger partial charge in [-0.1, -0.05) is 24.3 Å². The molecule has 0 bridgehead atoms. The van der Waals surface area contributed by atoms with Crippen molar-refractivity contribution in [3.63, 3.8) is 0 Å². The van der Waals surface area contributed by atoms with E-state index in [-0.39, 0.29) is 11.3 Å². The first-order valence-electron chi connectivity index (χ1n) is 6.27. The average Bonchev–Trinajstić information content (AvgIpc) is 2.46. The second-order valence-electron chi connectivity index (χ2n) is 4.51. The van der Waals surface area contributed by atoms with Crippen molar-refractivity contribution in [2.75, 3.05) is 0 Å². The summed E-state index contributed by atoms with van der Waals surface area (Å²) in [6, 6.07) is 10.5. The third kappa shape index (κ3) is 2.78. The fourth-order valence-electron chi connectivity index (χ4n) is 2.17. The molecule has 1 N–H and O–H groups in total. The normalized spacial score (nSPS) is 11.6. The summed E-state index contributed by atoms with van der Waals surface area (Å²) < 4.78 is 40.3. The van der Waals surface area contributed by atoms with E-state index >= 15 is 0 Å². The van der Waals surface area contributed by atoms with Crippen LogP contribution in [0.3, 0.4) is 0 Å². The largest absolute Gasteiger partial charge is 0.573 e. The van der Waals surface area contributed by atoms with Crippen LogP contribution >= 0.6 is 0 Å². The zero-order valence-corrected chi connectivity index (χ0v) is 11.0. The molecule has 4 nitrogen and oxygen atoms in total. The molecule has 3 aromatic rings. The standard InChI is InChI=1S/C15H9F3N2O2/c16-15(17,18)22-10-6-4-9(5-7-10)11-2-1-3-12-13(11)19-8-20-14(12)21/h1-8H,(H,19,20,21). The van der Waals surface area contributed by atoms with Gasteiger partial charge in [0, 0.05) is 5.56 Å². The molecule has 1 aromatic heterocycles. The Hall–Kier alpha value is -2.83. The highest BCUT2D eigenvalue weighted by Gasteiger charge is 2.30. The Kier molecular flexibility index (Phi) is 3.32. The quantitative estimate of drug-likeness (QED) is 0.788. The molecule has 0 aliphatic heterocycles. The van der Waals surface area contributed by atoms with Gasteiger partial charge < -0.3 is 9.72 Å². The predicted octanol–water partition coefficient (Wildman–Crippen LogP) is 3.49. The maximum absolute atomic E-state index is 12.1. The summed E-state index contributed by atoms with van der Waals surface area (Å²) in [7, 11) is 0. The summed E-state index contributed by atoms with van der Waals surface area (Å²) >= 11 is 0. The summed E-state index contributed by atoms with van der Waals surface area (Å²) in [5.74, 6) is -0.303. The molecule has 0 saturated heterocycles. The van der Waals surface area contributed by atoms with E-state index in [1.54, 1.807) is 18.2 Å². The van der Waals surface area contributed by atoms with Gasteiger partial charge in [-0.05, 0) is 23.8 Å². The first-order chi connectivity index (χ1) is 10.4. The van der Waals surface area contributed by atoms with Crippen molar-refractivity contribution in [3.05, 3.63) is 59.1 Å². The molecule has 0 saturated carbocycles. The molecule has 2 aromatic carbocycles. The number of para-hydroxylation sites is 1. The van der Waals surface area contributed by atoms with Crippen molar-refractivity contribution in [2.45, 2.75) is 6.36 Å². The Bertz CT molecular complexity index is 870. The Morgan fingerprint density at radius 3 is 2.45 bits per heavy atom. The van der Waals surface area contributed by atoms with Crippen LogP contribution in [0.2, 0.25) is 0 Å². The van der Waals surface area contributed by atoms with E-state index in [0.717, 1.165) is 0 Å². The first-order valence-corrected chi connectivity index (χ1v) is 6.27. The summed E-state index contributed by atoms with van der Waals surface area (Å²) in [6.45, 7) is 0. The number of nitrogens with zero attached hydrogens (tertiary/aromatic N) is 1. The highest BCUT2D eigenvalue weighted by molar-refractivity contribution is 5.92. The number of hydrogen-bond donors (Lipinski definition) is 1. The topological polar surface area (TPSA) is 55.0 Å². The van der Waals surface area contributed by atoms with Gasteiger partial charge in [0.05, 0.1) is 17.2 Å². The molecule has 0 aliphatic rings. The number of halogens is 3. The first kappa shape index (κ1) is 14.1. The fraction of sp³-hybridized carbons (Fsp3) is 0.0667. The van der Waals surface area contributed by atoms with Gasteiger partial charge >= 0.3 is 6.36 Å². The highest BCUT2D eigenvalue weighted by Crippen LogP contribution is 2.29. The fourth-order valence-corrected chi connectivity index (χ4v) is 2.17. The molecular weight excluding hydrogens is 297 g/mol. The molecule has 7 heteroatoms. The number of benzene rings is 2. The number of ether oxygens (including phenoxy) is 1. The van der Waals surface area contributed by atoms with Crippen LogP contribution in [0.25, 0.3) is 22.0 Å². The van der Waals surface area contributed by atoms with Crippen molar-refractivity contribution in [1.82, 2.24) is 9.97 Å². The van der Waals surface area contributed by atoms with E-state index in [1.807, 2.05) is 0 Å². The van der Waals surface area contributed by atoms with Crippen molar-refractivity contribution in [2.24, 2.45) is 0 Å². The van der Waals surface area contributed by atoms with Crippen LogP contribution in [0.4, 0.5) is 13.2 Å². The minimum absolute atomic E-state index is 0.274. The van der Waals surface area contributed by atoms with E-state index in [4.69, 9.17) is 0 Å². The molecule has 3 rings (SSSR count). The Morgan fingerprint density at radius 2 is 1.77 bits per heavy atom. The van der Waals surface area contributed by atoms with Crippen LogP contribution in [0.15, 0.2) is 53.6 Å². The van der Waals surface area contributed by atoms with Crippen LogP contribution < -0.4 is 10.3 Å². The van der Waals surface area contributed by atoms with E-state index in [0.29, 0.717) is 22.0 Å². The lowest BCUT2D eigenvalue weighted by atomic mass is 10.0. The number of fused-ring (bicyclic) bond motifs is 1. The second-order valence-corrected chi connectivity index (χ2v) is 4.51. The lowest BCUT2D eigenvalue weighted by molar-refractivity contribution is -0.274. The van der Waals surface area contributed by atoms with Crippen LogP contribution in [-0.4, -0.2) is 16.3 Å². The number of alkyl halides is 3. The molecule has 0 spiro atoms. The van der Waals surface area contributed by atoms with Crippen molar-refractivity contribution in [1.29, 1.82) is 0 Å². The lowest BCUT2D eigenvalue weighted by Crippen LogP contribution is -2.16. The number of hydrogen-bond acceptors (Lipinski definition) is 3. The van der Waals surface area contributed by atoms with Crippen molar-refractivity contribution < 1.29 is 17.9 Å². The summed E-state index contributed by atoms with van der Waals surface area (Å²) in [4.78, 5) is 18.3. The Labute approximate surface area is 122 Å². The molecule has 0 aliphatic carbocycles. The van der Waals surface area contributed by atoms with Crippen LogP contribution in [0, 0.1) is 0 Å². The van der Waals surface area contributed by atoms with Gasteiger partial charge in [0.15, 0.2) is 0 Å². The van der Waals surface area contributed by atoms with Gasteiger partial charge in [-0.2, -0.15) is 0 Å². The molecule has 0 radical (unpaired) electrons. The van der Waals surface area contributed by atoms with E-state index < -0.39 is 6.36 Å². The molecule has 112 valence electrons. The lowest BCUT2D eigenvalue weighted by Gasteiger charge is -2.10. The SMILES string of the molecule is O=c1[nH]cnc2c(-c3ccc(OC(F)(F)F)cc3)cccc12. The molecule has 0 unspecified atom stereocenters. The second kappa shape index (κ2) is 5.18. The third-order valence-electron chi connectivity index (χ3n) is 3.07. The van der Waals surface area contributed by atoms with E-state index in [2.05, 4.69) is 14.7 Å². The number of H-pyrrole nitrogens is 1. The van der Waals surface area contributed by atoms with Crippen molar-refractivity contribution >= 4 is 10.9 Å². The number of rotatable bonds is 2. The average molecular weight is 306 g/mol. The molecular formula is C15H9F3N2O2. The molecule has 0 amide bonds. The molecule has 0 fully saturated rings. The smallest absolute Gasteiger partial charge is 0.406 e. The maximum atomic E-state index is 12.1.